The molecule has 224 valence electrons. The maximum atomic E-state index is 11.8. The van der Waals surface area contributed by atoms with Crippen LogP contribution >= 0.6 is 0 Å². The van der Waals surface area contributed by atoms with Crippen molar-refractivity contribution in [3.8, 4) is 11.1 Å². The predicted molar refractivity (Wildman–Crippen MR) is 162 cm³/mol. The highest BCUT2D eigenvalue weighted by atomic mass is 16.7. The Morgan fingerprint density at radius 1 is 0.929 bits per heavy atom. The van der Waals surface area contributed by atoms with Crippen molar-refractivity contribution in [2.75, 3.05) is 26.2 Å². The lowest BCUT2D eigenvalue weighted by Gasteiger charge is -2.43. The van der Waals surface area contributed by atoms with Crippen LogP contribution in [0, 0.1) is 5.92 Å². The lowest BCUT2D eigenvalue weighted by molar-refractivity contribution is -0.276. The second-order valence-electron chi connectivity index (χ2n) is 11.3. The lowest BCUT2D eigenvalue weighted by Crippen LogP contribution is -2.46. The second kappa shape index (κ2) is 14.3. The van der Waals surface area contributed by atoms with E-state index in [1.807, 2.05) is 43.3 Å². The van der Waals surface area contributed by atoms with Gasteiger partial charge in [-0.1, -0.05) is 73.7 Å². The van der Waals surface area contributed by atoms with Gasteiger partial charge >= 0.3 is 6.03 Å². The van der Waals surface area contributed by atoms with Gasteiger partial charge in [0.25, 0.3) is 0 Å². The summed E-state index contributed by atoms with van der Waals surface area (Å²) >= 11 is 0. The van der Waals surface area contributed by atoms with E-state index in [0.717, 1.165) is 59.3 Å². The molecule has 2 aliphatic rings. The first-order valence-electron chi connectivity index (χ1n) is 15.1. The van der Waals surface area contributed by atoms with Crippen LogP contribution in [0.5, 0.6) is 0 Å². The Morgan fingerprint density at radius 2 is 1.69 bits per heavy atom. The molecule has 2 aliphatic heterocycles. The number of aliphatic hydroxyl groups is 2. The monoisotopic (exact) mass is 573 g/mol. The Kier molecular flexibility index (Phi) is 10.3. The van der Waals surface area contributed by atoms with E-state index in [4.69, 9.17) is 9.47 Å². The summed E-state index contributed by atoms with van der Waals surface area (Å²) in [6.45, 7) is 6.99. The van der Waals surface area contributed by atoms with Gasteiger partial charge in [-0.05, 0) is 60.2 Å². The standard InChI is InChI=1S/C34H43N3O5/c1-3-35-34(40)36-19-25-6-4-7-29(18-25)26-13-15-28(16-14-26)33-41-31(20-37-17-5-8-30(37)22-39)23(2)32(42-33)27-11-9-24(21-38)10-12-27/h4,6-7,9-16,18,23,30-33,38-39H,3,5,8,17,19-22H2,1-2H3,(H2,35,36,40)/t23-,30-,31+,32+,33+/m0/s1. The fraction of sp³-hybridized carbons (Fsp3) is 0.441. The fourth-order valence-corrected chi connectivity index (χ4v) is 6.00. The Morgan fingerprint density at radius 3 is 2.40 bits per heavy atom. The number of ether oxygens (including phenoxy) is 2. The first-order chi connectivity index (χ1) is 20.5. The number of likely N-dealkylation sites (tertiary alicyclic amines) is 1. The number of hydrogen-bond donors (Lipinski definition) is 4. The second-order valence-corrected chi connectivity index (χ2v) is 11.3. The number of carbonyl (C=O) groups is 1. The van der Waals surface area contributed by atoms with Gasteiger partial charge in [-0.25, -0.2) is 4.79 Å². The minimum Gasteiger partial charge on any atom is -0.395 e. The minimum absolute atomic E-state index is 0.00713. The first kappa shape index (κ1) is 30.2. The fourth-order valence-electron chi connectivity index (χ4n) is 6.00. The van der Waals surface area contributed by atoms with Crippen LogP contribution in [-0.4, -0.2) is 59.5 Å². The predicted octanol–water partition coefficient (Wildman–Crippen LogP) is 4.91. The van der Waals surface area contributed by atoms with Crippen LogP contribution in [0.4, 0.5) is 4.79 Å². The molecule has 42 heavy (non-hydrogen) atoms. The molecular weight excluding hydrogens is 530 g/mol. The number of urea groups is 1. The highest BCUT2D eigenvalue weighted by Gasteiger charge is 2.40. The van der Waals surface area contributed by atoms with Gasteiger partial charge in [0, 0.05) is 37.2 Å². The van der Waals surface area contributed by atoms with Crippen molar-refractivity contribution in [1.29, 1.82) is 0 Å². The first-order valence-corrected chi connectivity index (χ1v) is 15.1. The van der Waals surface area contributed by atoms with Crippen LogP contribution in [0.2, 0.25) is 0 Å². The number of nitrogens with one attached hydrogen (secondary N) is 2. The van der Waals surface area contributed by atoms with Crippen molar-refractivity contribution in [2.24, 2.45) is 5.92 Å². The van der Waals surface area contributed by atoms with Crippen molar-refractivity contribution < 1.29 is 24.5 Å². The number of benzene rings is 3. The summed E-state index contributed by atoms with van der Waals surface area (Å²) in [6.07, 6.45) is 1.31. The molecule has 0 unspecified atom stereocenters. The maximum absolute atomic E-state index is 11.8. The van der Waals surface area contributed by atoms with E-state index < -0.39 is 6.29 Å². The SMILES string of the molecule is CCNC(=O)NCc1cccc(-c2ccc([C@@H]3O[C@H](CN4CCC[C@H]4CO)[C@H](C)[C@H](c4ccc(CO)cc4)O3)cc2)c1. The Labute approximate surface area is 248 Å². The zero-order valence-corrected chi connectivity index (χ0v) is 24.5. The number of amides is 2. The Hall–Kier alpha value is -3.27. The third-order valence-corrected chi connectivity index (χ3v) is 8.48. The average Bonchev–Trinajstić information content (AvgIpc) is 3.48. The molecule has 0 saturated carbocycles. The molecule has 2 saturated heterocycles. The molecule has 0 aliphatic carbocycles. The van der Waals surface area contributed by atoms with Gasteiger partial charge in [0.1, 0.15) is 0 Å². The summed E-state index contributed by atoms with van der Waals surface area (Å²) in [7, 11) is 0. The normalized spacial score (nSPS) is 24.4. The van der Waals surface area contributed by atoms with Crippen molar-refractivity contribution >= 4 is 6.03 Å². The van der Waals surface area contributed by atoms with Gasteiger partial charge in [0.15, 0.2) is 6.29 Å². The summed E-state index contributed by atoms with van der Waals surface area (Å²) in [4.78, 5) is 14.2. The van der Waals surface area contributed by atoms with Crippen LogP contribution in [0.15, 0.2) is 72.8 Å². The molecule has 3 aromatic rings. The van der Waals surface area contributed by atoms with Crippen molar-refractivity contribution in [2.45, 2.75) is 64.4 Å². The van der Waals surface area contributed by atoms with Gasteiger partial charge in [-0.3, -0.25) is 4.90 Å². The van der Waals surface area contributed by atoms with Crippen molar-refractivity contribution in [3.63, 3.8) is 0 Å². The molecule has 3 aromatic carbocycles. The van der Waals surface area contributed by atoms with E-state index in [-0.39, 0.29) is 43.4 Å². The molecule has 0 aromatic heterocycles. The molecule has 0 bridgehead atoms. The van der Waals surface area contributed by atoms with Gasteiger partial charge in [-0.2, -0.15) is 0 Å². The van der Waals surface area contributed by atoms with E-state index in [1.54, 1.807) is 0 Å². The lowest BCUT2D eigenvalue weighted by atomic mass is 9.89. The van der Waals surface area contributed by atoms with E-state index in [9.17, 15) is 15.0 Å². The molecule has 2 amide bonds. The maximum Gasteiger partial charge on any atom is 0.315 e. The van der Waals surface area contributed by atoms with Crippen molar-refractivity contribution in [1.82, 2.24) is 15.5 Å². The number of rotatable bonds is 10. The molecule has 2 fully saturated rings. The summed E-state index contributed by atoms with van der Waals surface area (Å²) in [5.74, 6) is 0.0937. The molecular formula is C34H43N3O5. The van der Waals surface area contributed by atoms with Gasteiger partial charge in [0.05, 0.1) is 25.4 Å². The smallest absolute Gasteiger partial charge is 0.315 e. The van der Waals surface area contributed by atoms with Crippen LogP contribution < -0.4 is 10.6 Å². The molecule has 0 spiro atoms. The molecule has 5 atom stereocenters. The number of aliphatic hydroxyl groups excluding tert-OH is 2. The van der Waals surface area contributed by atoms with E-state index in [1.165, 1.54) is 0 Å². The molecule has 2 heterocycles. The summed E-state index contributed by atoms with van der Waals surface area (Å²) in [5, 5.41) is 25.1. The van der Waals surface area contributed by atoms with Crippen LogP contribution in [0.25, 0.3) is 11.1 Å². The quantitative estimate of drug-likeness (QED) is 0.275. The van der Waals surface area contributed by atoms with Crippen molar-refractivity contribution in [3.05, 3.63) is 95.1 Å². The average molecular weight is 574 g/mol. The minimum atomic E-state index is -0.537. The van der Waals surface area contributed by atoms with E-state index in [2.05, 4.69) is 58.9 Å². The third-order valence-electron chi connectivity index (χ3n) is 8.48. The molecule has 8 heteroatoms. The molecule has 5 rings (SSSR count). The van der Waals surface area contributed by atoms with Gasteiger partial charge < -0.3 is 30.3 Å². The third kappa shape index (κ3) is 7.19. The summed E-state index contributed by atoms with van der Waals surface area (Å²) < 4.78 is 13.3. The molecule has 8 nitrogen and oxygen atoms in total. The van der Waals surface area contributed by atoms with Gasteiger partial charge in [0.2, 0.25) is 0 Å². The highest BCUT2D eigenvalue weighted by molar-refractivity contribution is 5.73. The Balaban J connectivity index is 1.34. The number of nitrogens with zero attached hydrogens (tertiary/aromatic N) is 1. The number of hydrogen-bond acceptors (Lipinski definition) is 6. The Bertz CT molecular complexity index is 1300. The summed E-state index contributed by atoms with van der Waals surface area (Å²) in [5.41, 5.74) is 6.04. The van der Waals surface area contributed by atoms with Gasteiger partial charge in [-0.15, -0.1) is 0 Å². The highest BCUT2D eigenvalue weighted by Crippen LogP contribution is 2.42. The molecule has 0 radical (unpaired) electrons. The summed E-state index contributed by atoms with van der Waals surface area (Å²) in [6, 6.07) is 24.4. The largest absolute Gasteiger partial charge is 0.395 e. The molecule has 4 N–H and O–H groups in total. The topological polar surface area (TPSA) is 103 Å². The zero-order valence-electron chi connectivity index (χ0n) is 24.5. The van der Waals surface area contributed by atoms with Crippen LogP contribution in [0.3, 0.4) is 0 Å². The zero-order chi connectivity index (χ0) is 29.5. The number of carbonyl (C=O) groups excluding carboxylic acids is 1. The van der Waals surface area contributed by atoms with Crippen LogP contribution in [0.1, 0.15) is 61.3 Å². The van der Waals surface area contributed by atoms with Crippen LogP contribution in [-0.2, 0) is 22.6 Å². The van der Waals surface area contributed by atoms with E-state index in [0.29, 0.717) is 13.1 Å². The van der Waals surface area contributed by atoms with E-state index >= 15 is 0 Å².